The molecule has 6 heterocycles. The van der Waals surface area contributed by atoms with Crippen molar-refractivity contribution < 1.29 is 38.9 Å². The minimum atomic E-state index is -1.33. The Labute approximate surface area is 521 Å². The van der Waals surface area contributed by atoms with Crippen molar-refractivity contribution in [3.63, 3.8) is 0 Å². The van der Waals surface area contributed by atoms with Crippen LogP contribution >= 0.6 is 0 Å². The molecule has 0 atom stereocenters. The maximum Gasteiger partial charge on any atom is 0.329 e. The standard InChI is InChI=1S/C71H68N8O12/c1-44-62(66(84)49-23-31-54-56(39-49)72-70(88)78(68(54)86)42-60(80)81)58-15-7-11-35-76(58)64(44)47-19-27-52(28-20-47)90-37-13-5-9-33-75(41-46-17-25-51(26-18-46)74(3)4)34-10-6-14-38-91-53-29-21-48(22-30-53)65-45(2)63(59-16-8-12-36-77(59)65)67(85)50-24-32-55-57(40-50)73-71(89)79(69(55)87)43-61(82)83/h7-8,11-12,15-32,35-36,39-40H,5-6,9-10,13-14,33-34,37-38,41-43H2,1-4H3,(H,72,88)(H,73,89)(H,80,81)(H,82,83). The van der Waals surface area contributed by atoms with Gasteiger partial charge in [0.05, 0.1) is 68.6 Å². The van der Waals surface area contributed by atoms with Gasteiger partial charge >= 0.3 is 23.3 Å². The Morgan fingerprint density at radius 1 is 0.505 bits per heavy atom. The molecule has 5 aromatic carbocycles. The van der Waals surface area contributed by atoms with Crippen LogP contribution in [0.3, 0.4) is 0 Å². The number of carbonyl (C=O) groups is 4. The maximum atomic E-state index is 14.3. The second kappa shape index (κ2) is 26.9. The highest BCUT2D eigenvalue weighted by molar-refractivity contribution is 6.17. The molecule has 464 valence electrons. The molecule has 11 aromatic rings. The first kappa shape index (κ1) is 61.8. The summed E-state index contributed by atoms with van der Waals surface area (Å²) in [4.78, 5) is 112. The van der Waals surface area contributed by atoms with Crippen molar-refractivity contribution in [2.45, 2.75) is 72.0 Å². The van der Waals surface area contributed by atoms with Crippen LogP contribution in [0.5, 0.6) is 11.5 Å². The molecule has 0 radical (unpaired) electrons. The zero-order chi connectivity index (χ0) is 64.0. The number of carboxylic acids is 2. The van der Waals surface area contributed by atoms with Crippen LogP contribution in [-0.4, -0.2) is 107 Å². The first-order valence-corrected chi connectivity index (χ1v) is 30.1. The molecule has 0 bridgehead atoms. The van der Waals surface area contributed by atoms with Crippen LogP contribution in [0.25, 0.3) is 55.4 Å². The summed E-state index contributed by atoms with van der Waals surface area (Å²) >= 11 is 0. The number of H-pyrrole nitrogens is 2. The van der Waals surface area contributed by atoms with E-state index in [1.165, 1.54) is 42.0 Å². The molecule has 0 saturated carbocycles. The molecule has 11 rings (SSSR count). The van der Waals surface area contributed by atoms with Crippen LogP contribution in [0.2, 0.25) is 0 Å². The lowest BCUT2D eigenvalue weighted by Gasteiger charge is -2.23. The molecule has 91 heavy (non-hydrogen) atoms. The normalized spacial score (nSPS) is 11.5. The number of nitrogens with zero attached hydrogens (tertiary/aromatic N) is 6. The smallest absolute Gasteiger partial charge is 0.329 e. The van der Waals surface area contributed by atoms with Gasteiger partial charge in [-0.25, -0.2) is 18.7 Å². The van der Waals surface area contributed by atoms with Gasteiger partial charge in [0.25, 0.3) is 11.1 Å². The fourth-order valence-electron chi connectivity index (χ4n) is 12.0. The van der Waals surface area contributed by atoms with Gasteiger partial charge in [-0.3, -0.25) is 33.7 Å². The third-order valence-corrected chi connectivity index (χ3v) is 16.6. The quantitative estimate of drug-likeness (QED) is 0.0276. The van der Waals surface area contributed by atoms with E-state index in [4.69, 9.17) is 9.47 Å². The molecule has 20 heteroatoms. The van der Waals surface area contributed by atoms with Crippen molar-refractivity contribution in [1.82, 2.24) is 32.8 Å². The van der Waals surface area contributed by atoms with Crippen LogP contribution in [-0.2, 0) is 29.2 Å². The molecular formula is C71H68N8O12. The second-order valence-corrected chi connectivity index (χ2v) is 22.9. The van der Waals surface area contributed by atoms with E-state index in [1.54, 1.807) is 0 Å². The SMILES string of the molecule is Cc1c(C(=O)c2ccc3c(=O)n(CC(=O)O)c(=O)[nH]c3c2)c2ccccn2c1-c1ccc(OCCCCCN(CCCCCOc2ccc(-c3c(C)c(C(=O)c4ccc5c(=O)n(CC(=O)O)c(=O)[nH]c5c4)c4ccccn34)cc2)Cc2ccc(N(C)C)cc2)cc1. The summed E-state index contributed by atoms with van der Waals surface area (Å²) in [6, 6.07) is 44.5. The number of anilines is 1. The minimum absolute atomic E-state index is 0.0924. The average Bonchev–Trinajstić information content (AvgIpc) is 1.78. The Morgan fingerprint density at radius 3 is 1.34 bits per heavy atom. The number of aromatic amines is 2. The second-order valence-electron chi connectivity index (χ2n) is 22.9. The summed E-state index contributed by atoms with van der Waals surface area (Å²) in [6.07, 6.45) is 9.57. The predicted molar refractivity (Wildman–Crippen MR) is 350 cm³/mol. The number of aliphatic carboxylic acids is 2. The number of rotatable bonds is 27. The van der Waals surface area contributed by atoms with E-state index in [1.807, 2.05) is 134 Å². The van der Waals surface area contributed by atoms with Gasteiger partial charge in [0.15, 0.2) is 11.6 Å². The van der Waals surface area contributed by atoms with Crippen molar-refractivity contribution >= 4 is 62.0 Å². The maximum absolute atomic E-state index is 14.3. The van der Waals surface area contributed by atoms with E-state index in [0.717, 1.165) is 109 Å². The Hall–Kier alpha value is -10.9. The third kappa shape index (κ3) is 13.2. The summed E-state index contributed by atoms with van der Waals surface area (Å²) in [5.41, 5.74) is 7.22. The van der Waals surface area contributed by atoms with Crippen molar-refractivity contribution in [1.29, 1.82) is 0 Å². The molecule has 4 N–H and O–H groups in total. The number of pyridine rings is 2. The molecule has 0 aliphatic heterocycles. The van der Waals surface area contributed by atoms with Crippen molar-refractivity contribution in [2.24, 2.45) is 0 Å². The number of hydrogen-bond donors (Lipinski definition) is 4. The summed E-state index contributed by atoms with van der Waals surface area (Å²) < 4.78 is 17.7. The van der Waals surface area contributed by atoms with E-state index in [2.05, 4.69) is 44.0 Å². The summed E-state index contributed by atoms with van der Waals surface area (Å²) in [5, 5.41) is 18.6. The summed E-state index contributed by atoms with van der Waals surface area (Å²) in [5.74, 6) is -1.77. The van der Waals surface area contributed by atoms with Gasteiger partial charge in [0, 0.05) is 49.8 Å². The van der Waals surface area contributed by atoms with E-state index >= 15 is 0 Å². The number of unbranched alkanes of at least 4 members (excludes halogenated alkanes) is 4. The zero-order valence-corrected chi connectivity index (χ0v) is 50.9. The molecule has 20 nitrogen and oxygen atoms in total. The first-order valence-electron chi connectivity index (χ1n) is 30.1. The highest BCUT2D eigenvalue weighted by atomic mass is 16.5. The Morgan fingerprint density at radius 2 is 0.934 bits per heavy atom. The highest BCUT2D eigenvalue weighted by Crippen LogP contribution is 2.36. The number of ether oxygens (including phenoxy) is 2. The van der Waals surface area contributed by atoms with E-state index < -0.39 is 47.5 Å². The lowest BCUT2D eigenvalue weighted by atomic mass is 9.98. The van der Waals surface area contributed by atoms with Crippen molar-refractivity contribution in [3.8, 4) is 34.0 Å². The van der Waals surface area contributed by atoms with Crippen molar-refractivity contribution in [3.05, 3.63) is 239 Å². The van der Waals surface area contributed by atoms with Crippen LogP contribution < -0.4 is 36.9 Å². The van der Waals surface area contributed by atoms with Gasteiger partial charge in [-0.1, -0.05) is 36.4 Å². The molecule has 0 saturated heterocycles. The number of fused-ring (bicyclic) bond motifs is 4. The summed E-state index contributed by atoms with van der Waals surface area (Å²) in [7, 11) is 4.08. The third-order valence-electron chi connectivity index (χ3n) is 16.6. The Balaban J connectivity index is 0.671. The fraction of sp³-hybridized carbons (Fsp3) is 0.239. The minimum Gasteiger partial charge on any atom is -0.494 e. The zero-order valence-electron chi connectivity index (χ0n) is 50.9. The molecule has 0 unspecified atom stereocenters. The van der Waals surface area contributed by atoms with Gasteiger partial charge in [-0.15, -0.1) is 0 Å². The van der Waals surface area contributed by atoms with E-state index in [0.29, 0.717) is 44.5 Å². The number of aromatic nitrogens is 6. The molecule has 6 aromatic heterocycles. The Bertz CT molecular complexity index is 4560. The Kier molecular flexibility index (Phi) is 18.2. The summed E-state index contributed by atoms with van der Waals surface area (Å²) in [6.45, 7) is 6.06. The molecule has 0 fully saturated rings. The van der Waals surface area contributed by atoms with Gasteiger partial charge in [-0.05, 0) is 202 Å². The van der Waals surface area contributed by atoms with Crippen LogP contribution in [0, 0.1) is 13.8 Å². The number of carboxylic acid groups (broad SMARTS) is 2. The molecule has 0 amide bonds. The van der Waals surface area contributed by atoms with Gasteiger partial charge in [0.1, 0.15) is 24.6 Å². The predicted octanol–water partition coefficient (Wildman–Crippen LogP) is 10.1. The largest absolute Gasteiger partial charge is 0.494 e. The average molecular weight is 1230 g/mol. The van der Waals surface area contributed by atoms with Crippen LogP contribution in [0.4, 0.5) is 5.69 Å². The molecule has 0 aliphatic carbocycles. The van der Waals surface area contributed by atoms with Gasteiger partial charge < -0.3 is 43.4 Å². The van der Waals surface area contributed by atoms with Crippen LogP contribution in [0.1, 0.15) is 87.1 Å². The number of hydrogen-bond acceptors (Lipinski definition) is 12. The fourth-order valence-corrected chi connectivity index (χ4v) is 12.0. The molecule has 0 aliphatic rings. The van der Waals surface area contributed by atoms with Crippen LogP contribution in [0.15, 0.2) is 177 Å². The lowest BCUT2D eigenvalue weighted by Crippen LogP contribution is -2.37. The van der Waals surface area contributed by atoms with Crippen molar-refractivity contribution in [2.75, 3.05) is 45.3 Å². The van der Waals surface area contributed by atoms with E-state index in [9.17, 15) is 48.6 Å². The number of carbonyl (C=O) groups excluding carboxylic acids is 2. The van der Waals surface area contributed by atoms with E-state index in [-0.39, 0.29) is 44.5 Å². The topological polar surface area (TPSA) is 252 Å². The number of ketones is 2. The first-order chi connectivity index (χ1) is 43.9. The lowest BCUT2D eigenvalue weighted by molar-refractivity contribution is -0.138. The monoisotopic (exact) mass is 1220 g/mol. The highest BCUT2D eigenvalue weighted by Gasteiger charge is 2.26. The molecule has 0 spiro atoms. The van der Waals surface area contributed by atoms with Gasteiger partial charge in [-0.2, -0.15) is 0 Å². The number of benzene rings is 5. The number of nitrogens with one attached hydrogen (secondary N) is 2. The molecular weight excluding hydrogens is 1160 g/mol. The van der Waals surface area contributed by atoms with Gasteiger partial charge in [0.2, 0.25) is 0 Å².